The summed E-state index contributed by atoms with van der Waals surface area (Å²) in [5.41, 5.74) is 3.30. The predicted octanol–water partition coefficient (Wildman–Crippen LogP) is 8.80. The summed E-state index contributed by atoms with van der Waals surface area (Å²) in [7, 11) is 0. The fraction of sp³-hybridized carbons (Fsp3) is 0.306. The molecule has 0 saturated carbocycles. The molecule has 0 saturated heterocycles. The lowest BCUT2D eigenvalue weighted by Gasteiger charge is -2.11. The van der Waals surface area contributed by atoms with Gasteiger partial charge in [-0.3, -0.25) is 0 Å². The SMILES string of the molecule is C=Cc1ccc(C(O)C(=O)Oc2ccc(C=CC(=Cc3ccc(OCCCCCCCC)cc3)OCC)cc2)cc1. The Morgan fingerprint density at radius 3 is 2.07 bits per heavy atom. The number of carbonyl (C=O) groups is 1. The number of esters is 1. The molecule has 0 aliphatic heterocycles. The van der Waals surface area contributed by atoms with Crippen molar-refractivity contribution in [3.05, 3.63) is 113 Å². The summed E-state index contributed by atoms with van der Waals surface area (Å²) in [6.07, 6.45) is 13.6. The standard InChI is InChI=1S/C36H42O5/c1-4-7-8-9-10-11-26-40-32-21-17-30(18-22-32)27-34(39-6-3)25-16-29-14-23-33(24-15-29)41-36(38)35(37)31-19-12-28(5-2)13-20-31/h5,12-25,27,35,37H,2,4,6-11,26H2,1,3H3. The van der Waals surface area contributed by atoms with E-state index in [1.165, 1.54) is 32.1 Å². The quantitative estimate of drug-likeness (QED) is 0.0594. The first-order valence-corrected chi connectivity index (χ1v) is 14.5. The van der Waals surface area contributed by atoms with Crippen LogP contribution in [0.4, 0.5) is 0 Å². The van der Waals surface area contributed by atoms with Crippen molar-refractivity contribution < 1.29 is 24.1 Å². The molecule has 3 aromatic rings. The van der Waals surface area contributed by atoms with Crippen LogP contribution in [0.25, 0.3) is 18.2 Å². The molecule has 5 nitrogen and oxygen atoms in total. The third-order valence-corrected chi connectivity index (χ3v) is 6.52. The minimum absolute atomic E-state index is 0.355. The van der Waals surface area contributed by atoms with Gasteiger partial charge in [-0.1, -0.05) is 106 Å². The van der Waals surface area contributed by atoms with Crippen LogP contribution in [0.1, 0.15) is 80.7 Å². The maximum Gasteiger partial charge on any atom is 0.345 e. The Kier molecular flexibility index (Phi) is 13.5. The van der Waals surface area contributed by atoms with Gasteiger partial charge in [0.1, 0.15) is 17.3 Å². The van der Waals surface area contributed by atoms with E-state index < -0.39 is 12.1 Å². The Morgan fingerprint density at radius 2 is 1.41 bits per heavy atom. The van der Waals surface area contributed by atoms with Crippen molar-refractivity contribution in [2.24, 2.45) is 0 Å². The van der Waals surface area contributed by atoms with Crippen LogP contribution in [0, 0.1) is 0 Å². The molecule has 3 aromatic carbocycles. The highest BCUT2D eigenvalue weighted by molar-refractivity contribution is 5.78. The van der Waals surface area contributed by atoms with Gasteiger partial charge < -0.3 is 19.3 Å². The average molecular weight is 555 g/mol. The van der Waals surface area contributed by atoms with Crippen molar-refractivity contribution in [1.29, 1.82) is 0 Å². The third-order valence-electron chi connectivity index (χ3n) is 6.52. The zero-order valence-corrected chi connectivity index (χ0v) is 24.3. The highest BCUT2D eigenvalue weighted by atomic mass is 16.5. The number of carbonyl (C=O) groups excluding carboxylic acids is 1. The molecule has 0 amide bonds. The Balaban J connectivity index is 1.52. The van der Waals surface area contributed by atoms with Crippen LogP contribution in [0.15, 0.2) is 91.2 Å². The van der Waals surface area contributed by atoms with Crippen LogP contribution in [-0.2, 0) is 9.53 Å². The summed E-state index contributed by atoms with van der Waals surface area (Å²) in [5.74, 6) is 1.23. The molecule has 0 spiro atoms. The Morgan fingerprint density at radius 1 is 0.805 bits per heavy atom. The van der Waals surface area contributed by atoms with E-state index in [0.717, 1.165) is 41.2 Å². The van der Waals surface area contributed by atoms with Crippen molar-refractivity contribution in [1.82, 2.24) is 0 Å². The van der Waals surface area contributed by atoms with Gasteiger partial charge in [-0.15, -0.1) is 0 Å². The molecule has 41 heavy (non-hydrogen) atoms. The van der Waals surface area contributed by atoms with Gasteiger partial charge in [-0.2, -0.15) is 0 Å². The summed E-state index contributed by atoms with van der Waals surface area (Å²) in [5, 5.41) is 10.3. The average Bonchev–Trinajstić information content (AvgIpc) is 3.00. The monoisotopic (exact) mass is 554 g/mol. The maximum absolute atomic E-state index is 12.4. The van der Waals surface area contributed by atoms with E-state index in [2.05, 4.69) is 13.5 Å². The lowest BCUT2D eigenvalue weighted by molar-refractivity contribution is -0.144. The van der Waals surface area contributed by atoms with Gasteiger partial charge >= 0.3 is 5.97 Å². The van der Waals surface area contributed by atoms with Crippen LogP contribution in [-0.4, -0.2) is 24.3 Å². The van der Waals surface area contributed by atoms with E-state index in [1.807, 2.05) is 61.5 Å². The maximum atomic E-state index is 12.4. The number of aliphatic hydroxyl groups excluding tert-OH is 1. The zero-order valence-electron chi connectivity index (χ0n) is 24.3. The van der Waals surface area contributed by atoms with Gasteiger partial charge in [-0.25, -0.2) is 4.79 Å². The van der Waals surface area contributed by atoms with E-state index in [1.54, 1.807) is 42.5 Å². The highest BCUT2D eigenvalue weighted by Gasteiger charge is 2.19. The third kappa shape index (κ3) is 11.1. The molecule has 1 atom stereocenters. The fourth-order valence-corrected chi connectivity index (χ4v) is 4.15. The molecule has 0 radical (unpaired) electrons. The van der Waals surface area contributed by atoms with E-state index in [9.17, 15) is 9.90 Å². The summed E-state index contributed by atoms with van der Waals surface area (Å²) < 4.78 is 17.1. The Bertz CT molecular complexity index is 1250. The summed E-state index contributed by atoms with van der Waals surface area (Å²) >= 11 is 0. The molecular formula is C36H42O5. The number of hydrogen-bond donors (Lipinski definition) is 1. The Hall–Kier alpha value is -4.09. The molecule has 3 rings (SSSR count). The second-order valence-electron chi connectivity index (χ2n) is 9.76. The second kappa shape index (κ2) is 17.6. The van der Waals surface area contributed by atoms with E-state index in [0.29, 0.717) is 17.9 Å². The predicted molar refractivity (Wildman–Crippen MR) is 168 cm³/mol. The van der Waals surface area contributed by atoms with E-state index in [4.69, 9.17) is 14.2 Å². The van der Waals surface area contributed by atoms with Crippen molar-refractivity contribution in [3.8, 4) is 11.5 Å². The Labute approximate surface area is 244 Å². The van der Waals surface area contributed by atoms with Gasteiger partial charge in [-0.05, 0) is 72.0 Å². The summed E-state index contributed by atoms with van der Waals surface area (Å²) in [6.45, 7) is 9.18. The van der Waals surface area contributed by atoms with E-state index >= 15 is 0 Å². The van der Waals surface area contributed by atoms with Crippen LogP contribution < -0.4 is 9.47 Å². The number of benzene rings is 3. The van der Waals surface area contributed by atoms with Crippen molar-refractivity contribution in [3.63, 3.8) is 0 Å². The number of aliphatic hydroxyl groups is 1. The number of rotatable bonds is 17. The fourth-order valence-electron chi connectivity index (χ4n) is 4.15. The van der Waals surface area contributed by atoms with Gasteiger partial charge in [0.05, 0.1) is 13.2 Å². The first-order valence-electron chi connectivity index (χ1n) is 14.5. The molecule has 0 aliphatic carbocycles. The molecule has 0 aromatic heterocycles. The van der Waals surface area contributed by atoms with Gasteiger partial charge in [0.25, 0.3) is 0 Å². The van der Waals surface area contributed by atoms with Crippen molar-refractivity contribution in [2.75, 3.05) is 13.2 Å². The zero-order chi connectivity index (χ0) is 29.3. The number of ether oxygens (including phenoxy) is 3. The first kappa shape index (κ1) is 31.4. The molecular weight excluding hydrogens is 512 g/mol. The van der Waals surface area contributed by atoms with E-state index in [-0.39, 0.29) is 0 Å². The molecule has 216 valence electrons. The lowest BCUT2D eigenvalue weighted by atomic mass is 10.1. The largest absolute Gasteiger partial charge is 0.494 e. The lowest BCUT2D eigenvalue weighted by Crippen LogP contribution is -2.18. The first-order chi connectivity index (χ1) is 20.0. The van der Waals surface area contributed by atoms with Gasteiger partial charge in [0.2, 0.25) is 0 Å². The van der Waals surface area contributed by atoms with Crippen LogP contribution in [0.5, 0.6) is 11.5 Å². The molecule has 5 heteroatoms. The number of hydrogen-bond acceptors (Lipinski definition) is 5. The van der Waals surface area contributed by atoms with Gasteiger partial charge in [0, 0.05) is 0 Å². The molecule has 0 bridgehead atoms. The molecule has 0 aliphatic rings. The summed E-state index contributed by atoms with van der Waals surface area (Å²) in [6, 6.07) is 22.0. The molecule has 1 N–H and O–H groups in total. The molecule has 1 unspecified atom stereocenters. The van der Waals surface area contributed by atoms with Crippen LogP contribution >= 0.6 is 0 Å². The van der Waals surface area contributed by atoms with Crippen LogP contribution in [0.3, 0.4) is 0 Å². The smallest absolute Gasteiger partial charge is 0.345 e. The minimum Gasteiger partial charge on any atom is -0.494 e. The topological polar surface area (TPSA) is 65.0 Å². The molecule has 0 fully saturated rings. The number of unbranched alkanes of at least 4 members (excludes halogenated alkanes) is 5. The normalized spacial score (nSPS) is 12.2. The highest BCUT2D eigenvalue weighted by Crippen LogP contribution is 2.21. The second-order valence-corrected chi connectivity index (χ2v) is 9.76. The molecule has 0 heterocycles. The van der Waals surface area contributed by atoms with Crippen molar-refractivity contribution >= 4 is 24.2 Å². The minimum atomic E-state index is -1.37. The van der Waals surface area contributed by atoms with Crippen LogP contribution in [0.2, 0.25) is 0 Å². The number of allylic oxidation sites excluding steroid dienone is 1. The van der Waals surface area contributed by atoms with Crippen molar-refractivity contribution in [2.45, 2.75) is 58.5 Å². The van der Waals surface area contributed by atoms with Gasteiger partial charge in [0.15, 0.2) is 6.10 Å². The summed E-state index contributed by atoms with van der Waals surface area (Å²) in [4.78, 5) is 12.4.